The normalized spacial score (nSPS) is 12.0. The van der Waals surface area contributed by atoms with E-state index in [4.69, 9.17) is 11.6 Å². The Labute approximate surface area is 207 Å². The van der Waals surface area contributed by atoms with Gasteiger partial charge in [-0.25, -0.2) is 8.42 Å². The molecule has 186 valence electrons. The van der Waals surface area contributed by atoms with Crippen LogP contribution in [0.1, 0.15) is 36.5 Å². The Kier molecular flexibility index (Phi) is 7.81. The summed E-state index contributed by atoms with van der Waals surface area (Å²) in [5, 5.41) is 1.83. The Hall–Kier alpha value is -3.04. The molecule has 0 bridgehead atoms. The number of benzene rings is 3. The van der Waals surface area contributed by atoms with Crippen LogP contribution >= 0.6 is 11.6 Å². The zero-order valence-corrected chi connectivity index (χ0v) is 20.8. The van der Waals surface area contributed by atoms with E-state index in [0.717, 1.165) is 21.5 Å². The third-order valence-electron chi connectivity index (χ3n) is 5.30. The fraction of sp³-hybridized carbons (Fsp3) is 0.240. The predicted octanol–water partition coefficient (Wildman–Crippen LogP) is 6.62. The molecule has 35 heavy (non-hydrogen) atoms. The summed E-state index contributed by atoms with van der Waals surface area (Å²) in [6.07, 6.45) is -4.71. The Morgan fingerprint density at radius 2 is 1.60 bits per heavy atom. The van der Waals surface area contributed by atoms with Gasteiger partial charge in [0.25, 0.3) is 10.0 Å². The van der Waals surface area contributed by atoms with Crippen LogP contribution in [0.2, 0.25) is 5.02 Å². The lowest BCUT2D eigenvalue weighted by molar-refractivity contribution is -0.137. The number of sulfonamides is 1. The maximum absolute atomic E-state index is 13.5. The Morgan fingerprint density at radius 1 is 1.00 bits per heavy atom. The number of carbonyl (C=O) groups excluding carboxylic acids is 1. The van der Waals surface area contributed by atoms with Crippen LogP contribution in [0.25, 0.3) is 0 Å². The highest BCUT2D eigenvalue weighted by atomic mass is 35.5. The van der Waals surface area contributed by atoms with Crippen LogP contribution in [-0.4, -0.2) is 20.9 Å². The first-order valence-electron chi connectivity index (χ1n) is 10.6. The lowest BCUT2D eigenvalue weighted by Gasteiger charge is -2.25. The third-order valence-corrected chi connectivity index (χ3v) is 7.42. The lowest BCUT2D eigenvalue weighted by Crippen LogP contribution is -2.38. The van der Waals surface area contributed by atoms with Gasteiger partial charge in [-0.05, 0) is 60.9 Å². The summed E-state index contributed by atoms with van der Waals surface area (Å²) in [7, 11) is -4.16. The molecule has 3 rings (SSSR count). The van der Waals surface area contributed by atoms with Crippen LogP contribution in [0.15, 0.2) is 71.6 Å². The molecule has 0 heterocycles. The zero-order chi connectivity index (χ0) is 26.0. The molecular weight excluding hydrogens is 501 g/mol. The zero-order valence-electron chi connectivity index (χ0n) is 19.2. The molecule has 1 amide bonds. The molecule has 0 aliphatic heterocycles. The highest BCUT2D eigenvalue weighted by molar-refractivity contribution is 7.92. The summed E-state index contributed by atoms with van der Waals surface area (Å²) in [4.78, 5) is 12.8. The summed E-state index contributed by atoms with van der Waals surface area (Å²) in [5.74, 6) is -0.605. The molecule has 1 N–H and O–H groups in total. The highest BCUT2D eigenvalue weighted by Crippen LogP contribution is 2.36. The molecule has 0 spiro atoms. The molecule has 0 unspecified atom stereocenters. The minimum absolute atomic E-state index is 0.0188. The number of hydrogen-bond acceptors (Lipinski definition) is 3. The van der Waals surface area contributed by atoms with E-state index in [2.05, 4.69) is 5.32 Å². The van der Waals surface area contributed by atoms with E-state index in [1.807, 2.05) is 20.8 Å². The SMILES string of the molecule is Cc1ccc(S(=O)(=O)N(CC(=O)Nc2ccc(Cl)c(C(F)(F)F)c2)c2ccc(C(C)C)cc2)cc1. The van der Waals surface area contributed by atoms with Gasteiger partial charge < -0.3 is 5.32 Å². The van der Waals surface area contributed by atoms with Crippen LogP contribution in [0, 0.1) is 6.92 Å². The average molecular weight is 525 g/mol. The monoisotopic (exact) mass is 524 g/mol. The van der Waals surface area contributed by atoms with E-state index < -0.39 is 39.2 Å². The summed E-state index contributed by atoms with van der Waals surface area (Å²) < 4.78 is 67.4. The molecule has 0 aromatic heterocycles. The van der Waals surface area contributed by atoms with Gasteiger partial charge >= 0.3 is 6.18 Å². The van der Waals surface area contributed by atoms with Crippen molar-refractivity contribution in [1.82, 2.24) is 0 Å². The maximum atomic E-state index is 13.5. The van der Waals surface area contributed by atoms with Crippen molar-refractivity contribution in [1.29, 1.82) is 0 Å². The van der Waals surface area contributed by atoms with Crippen molar-refractivity contribution in [2.75, 3.05) is 16.2 Å². The Balaban J connectivity index is 1.95. The Morgan fingerprint density at radius 3 is 2.14 bits per heavy atom. The van der Waals surface area contributed by atoms with Crippen LogP contribution in [0.3, 0.4) is 0 Å². The van der Waals surface area contributed by atoms with Crippen molar-refractivity contribution in [3.05, 3.63) is 88.4 Å². The first-order valence-corrected chi connectivity index (χ1v) is 12.5. The summed E-state index contributed by atoms with van der Waals surface area (Å²) in [6.45, 7) is 5.14. The van der Waals surface area contributed by atoms with E-state index in [1.54, 1.807) is 36.4 Å². The van der Waals surface area contributed by atoms with Gasteiger partial charge in [-0.2, -0.15) is 13.2 Å². The minimum atomic E-state index is -4.71. The molecule has 0 fully saturated rings. The molecule has 3 aromatic carbocycles. The third kappa shape index (κ3) is 6.35. The van der Waals surface area contributed by atoms with Crippen LogP contribution < -0.4 is 9.62 Å². The number of nitrogens with one attached hydrogen (secondary N) is 1. The van der Waals surface area contributed by atoms with Gasteiger partial charge in [0.15, 0.2) is 0 Å². The van der Waals surface area contributed by atoms with Gasteiger partial charge in [0.1, 0.15) is 6.54 Å². The van der Waals surface area contributed by atoms with Crippen molar-refractivity contribution in [3.63, 3.8) is 0 Å². The molecule has 0 aliphatic rings. The smallest absolute Gasteiger partial charge is 0.324 e. The first-order chi connectivity index (χ1) is 16.3. The fourth-order valence-corrected chi connectivity index (χ4v) is 4.97. The topological polar surface area (TPSA) is 66.5 Å². The fourth-order valence-electron chi connectivity index (χ4n) is 3.33. The molecule has 0 aliphatic carbocycles. The highest BCUT2D eigenvalue weighted by Gasteiger charge is 2.34. The molecule has 0 radical (unpaired) electrons. The standard InChI is InChI=1S/C25H24ClF3N2O3S/c1-16(2)18-6-9-20(10-7-18)31(35(33,34)21-11-4-17(3)5-12-21)15-24(32)30-19-8-13-23(26)22(14-19)25(27,28)29/h4-14,16H,15H2,1-3H3,(H,30,32). The number of carbonyl (C=O) groups is 1. The summed E-state index contributed by atoms with van der Waals surface area (Å²) in [5.41, 5.74) is 0.821. The van der Waals surface area contributed by atoms with E-state index in [-0.39, 0.29) is 22.2 Å². The van der Waals surface area contributed by atoms with Gasteiger partial charge in [-0.1, -0.05) is 55.3 Å². The second-order valence-electron chi connectivity index (χ2n) is 8.31. The number of anilines is 2. The van der Waals surface area contributed by atoms with Gasteiger partial charge in [-0.15, -0.1) is 0 Å². The first kappa shape index (κ1) is 26.6. The molecule has 0 atom stereocenters. The molecular formula is C25H24ClF3N2O3S. The molecule has 0 saturated carbocycles. The van der Waals surface area contributed by atoms with Crippen molar-refractivity contribution in [2.45, 2.75) is 37.8 Å². The predicted molar refractivity (Wildman–Crippen MR) is 131 cm³/mol. The van der Waals surface area contributed by atoms with Gasteiger partial charge in [0.05, 0.1) is 21.2 Å². The minimum Gasteiger partial charge on any atom is -0.324 e. The molecule has 5 nitrogen and oxygen atoms in total. The number of alkyl halides is 3. The second kappa shape index (κ2) is 10.3. The van der Waals surface area contributed by atoms with Crippen molar-refractivity contribution < 1.29 is 26.4 Å². The van der Waals surface area contributed by atoms with Crippen LogP contribution in [0.4, 0.5) is 24.5 Å². The summed E-state index contributed by atoms with van der Waals surface area (Å²) >= 11 is 5.64. The van der Waals surface area contributed by atoms with Crippen molar-refractivity contribution in [3.8, 4) is 0 Å². The van der Waals surface area contributed by atoms with Gasteiger partial charge in [-0.3, -0.25) is 9.10 Å². The number of aryl methyl sites for hydroxylation is 1. The molecule has 3 aromatic rings. The Bertz CT molecular complexity index is 1310. The lowest BCUT2D eigenvalue weighted by atomic mass is 10.0. The average Bonchev–Trinajstić information content (AvgIpc) is 2.78. The maximum Gasteiger partial charge on any atom is 0.417 e. The van der Waals surface area contributed by atoms with Crippen LogP contribution in [0.5, 0.6) is 0 Å². The number of rotatable bonds is 7. The molecule has 10 heteroatoms. The van der Waals surface area contributed by atoms with E-state index in [1.165, 1.54) is 18.2 Å². The molecule has 0 saturated heterocycles. The van der Waals surface area contributed by atoms with E-state index >= 15 is 0 Å². The van der Waals surface area contributed by atoms with E-state index in [9.17, 15) is 26.4 Å². The number of amides is 1. The number of hydrogen-bond donors (Lipinski definition) is 1. The van der Waals surface area contributed by atoms with Gasteiger partial charge in [0, 0.05) is 5.69 Å². The van der Waals surface area contributed by atoms with Crippen LogP contribution in [-0.2, 0) is 21.0 Å². The van der Waals surface area contributed by atoms with Gasteiger partial charge in [0.2, 0.25) is 5.91 Å². The second-order valence-corrected chi connectivity index (χ2v) is 10.6. The quantitative estimate of drug-likeness (QED) is 0.377. The number of halogens is 4. The van der Waals surface area contributed by atoms with Crippen molar-refractivity contribution in [2.24, 2.45) is 0 Å². The largest absolute Gasteiger partial charge is 0.417 e. The van der Waals surface area contributed by atoms with Crippen molar-refractivity contribution >= 4 is 38.9 Å². The van der Waals surface area contributed by atoms with E-state index in [0.29, 0.717) is 6.07 Å². The number of nitrogens with zero attached hydrogens (tertiary/aromatic N) is 1. The summed E-state index contributed by atoms with van der Waals surface area (Å²) in [6, 6.07) is 15.8.